The van der Waals surface area contributed by atoms with Gasteiger partial charge in [0.1, 0.15) is 0 Å². The first kappa shape index (κ1) is 8.33. The molecule has 0 radical (unpaired) electrons. The van der Waals surface area contributed by atoms with Crippen molar-refractivity contribution >= 4 is 23.2 Å². The molecule has 3 heteroatoms. The summed E-state index contributed by atoms with van der Waals surface area (Å²) in [4.78, 5) is 0. The lowest BCUT2D eigenvalue weighted by atomic mass is 10.1. The maximum absolute atomic E-state index is 12.9. The SMILES string of the molecule is Fc1c(Cl)cc(C2CC2)cc1Cl. The third-order valence-electron chi connectivity index (χ3n) is 2.05. The van der Waals surface area contributed by atoms with Crippen molar-refractivity contribution in [3.05, 3.63) is 33.6 Å². The summed E-state index contributed by atoms with van der Waals surface area (Å²) in [6, 6.07) is 3.33. The molecule has 1 aromatic carbocycles. The highest BCUT2D eigenvalue weighted by atomic mass is 35.5. The molecule has 0 N–H and O–H groups in total. The molecule has 0 saturated heterocycles. The van der Waals surface area contributed by atoms with Gasteiger partial charge in [-0.2, -0.15) is 0 Å². The van der Waals surface area contributed by atoms with Crippen molar-refractivity contribution in [3.63, 3.8) is 0 Å². The topological polar surface area (TPSA) is 0 Å². The summed E-state index contributed by atoms with van der Waals surface area (Å²) in [5, 5.41) is 0.258. The molecule has 1 fully saturated rings. The van der Waals surface area contributed by atoms with Crippen LogP contribution in [0.3, 0.4) is 0 Å². The van der Waals surface area contributed by atoms with Crippen molar-refractivity contribution in [3.8, 4) is 0 Å². The van der Waals surface area contributed by atoms with Gasteiger partial charge in [-0.05, 0) is 36.5 Å². The minimum atomic E-state index is -0.511. The number of rotatable bonds is 1. The second-order valence-electron chi connectivity index (χ2n) is 3.07. The molecule has 1 aliphatic carbocycles. The van der Waals surface area contributed by atoms with Crippen LogP contribution < -0.4 is 0 Å². The van der Waals surface area contributed by atoms with Gasteiger partial charge in [0.05, 0.1) is 10.0 Å². The van der Waals surface area contributed by atoms with Crippen molar-refractivity contribution in [1.82, 2.24) is 0 Å². The van der Waals surface area contributed by atoms with Crippen LogP contribution in [-0.2, 0) is 0 Å². The van der Waals surface area contributed by atoms with Crippen LogP contribution in [0.4, 0.5) is 4.39 Å². The van der Waals surface area contributed by atoms with E-state index in [1.807, 2.05) is 0 Å². The maximum atomic E-state index is 12.9. The Morgan fingerprint density at radius 2 is 1.67 bits per heavy atom. The van der Waals surface area contributed by atoms with Gasteiger partial charge in [0.25, 0.3) is 0 Å². The molecule has 0 heterocycles. The summed E-state index contributed by atoms with van der Waals surface area (Å²) in [5.74, 6) is 0.0448. The quantitative estimate of drug-likeness (QED) is 0.607. The Balaban J connectivity index is 2.45. The van der Waals surface area contributed by atoms with Gasteiger partial charge < -0.3 is 0 Å². The van der Waals surface area contributed by atoms with Crippen molar-refractivity contribution in [2.45, 2.75) is 18.8 Å². The van der Waals surface area contributed by atoms with Crippen LogP contribution >= 0.6 is 23.2 Å². The highest BCUT2D eigenvalue weighted by Crippen LogP contribution is 2.42. The summed E-state index contributed by atoms with van der Waals surface area (Å²) < 4.78 is 12.9. The summed E-state index contributed by atoms with van der Waals surface area (Å²) in [6.45, 7) is 0. The molecule has 64 valence electrons. The fourth-order valence-electron chi connectivity index (χ4n) is 1.23. The van der Waals surface area contributed by atoms with E-state index < -0.39 is 5.82 Å². The van der Waals surface area contributed by atoms with E-state index in [1.54, 1.807) is 12.1 Å². The van der Waals surface area contributed by atoms with E-state index in [-0.39, 0.29) is 10.0 Å². The van der Waals surface area contributed by atoms with Crippen molar-refractivity contribution in [1.29, 1.82) is 0 Å². The smallest absolute Gasteiger partial charge is 0.160 e. The molecule has 1 aromatic rings. The second kappa shape index (κ2) is 2.90. The van der Waals surface area contributed by atoms with Gasteiger partial charge in [-0.15, -0.1) is 0 Å². The Bertz CT molecular complexity index is 295. The van der Waals surface area contributed by atoms with Crippen LogP contribution in [0.1, 0.15) is 24.3 Å². The van der Waals surface area contributed by atoms with Gasteiger partial charge in [-0.25, -0.2) is 4.39 Å². The lowest BCUT2D eigenvalue weighted by Gasteiger charge is -2.01. The zero-order valence-electron chi connectivity index (χ0n) is 6.28. The number of hydrogen-bond donors (Lipinski definition) is 0. The molecule has 0 nitrogen and oxygen atoms in total. The molecule has 0 atom stereocenters. The highest BCUT2D eigenvalue weighted by molar-refractivity contribution is 6.35. The number of hydrogen-bond acceptors (Lipinski definition) is 0. The molecule has 1 saturated carbocycles. The largest absolute Gasteiger partial charge is 0.204 e. The third-order valence-corrected chi connectivity index (χ3v) is 2.60. The fraction of sp³-hybridized carbons (Fsp3) is 0.333. The molecule has 0 aliphatic heterocycles. The van der Waals surface area contributed by atoms with E-state index in [0.717, 1.165) is 18.4 Å². The molecule has 0 amide bonds. The molecule has 0 bridgehead atoms. The average Bonchev–Trinajstić information content (AvgIpc) is 2.81. The monoisotopic (exact) mass is 204 g/mol. The minimum Gasteiger partial charge on any atom is -0.204 e. The first-order valence-electron chi connectivity index (χ1n) is 3.83. The van der Waals surface area contributed by atoms with Crippen LogP contribution in [0, 0.1) is 5.82 Å². The second-order valence-corrected chi connectivity index (χ2v) is 3.89. The van der Waals surface area contributed by atoms with E-state index >= 15 is 0 Å². The molecule has 2 rings (SSSR count). The van der Waals surface area contributed by atoms with Crippen molar-refractivity contribution < 1.29 is 4.39 Å². The zero-order valence-corrected chi connectivity index (χ0v) is 7.79. The Morgan fingerprint density at radius 1 is 1.17 bits per heavy atom. The predicted molar refractivity (Wildman–Crippen MR) is 48.4 cm³/mol. The standard InChI is InChI=1S/C9H7Cl2F/c10-7-3-6(5-1-2-5)4-8(11)9(7)12/h3-5H,1-2H2. The Labute approximate surface area is 80.3 Å². The van der Waals surface area contributed by atoms with Crippen molar-refractivity contribution in [2.24, 2.45) is 0 Å². The molecular weight excluding hydrogens is 198 g/mol. The van der Waals surface area contributed by atoms with Crippen LogP contribution in [0.5, 0.6) is 0 Å². The Morgan fingerprint density at radius 3 is 2.08 bits per heavy atom. The third kappa shape index (κ3) is 1.44. The Hall–Kier alpha value is -0.270. The highest BCUT2D eigenvalue weighted by Gasteiger charge is 2.25. The summed E-state index contributed by atoms with van der Waals surface area (Å²) >= 11 is 11.3. The molecule has 1 aliphatic rings. The van der Waals surface area contributed by atoms with Crippen LogP contribution in [0.25, 0.3) is 0 Å². The first-order valence-corrected chi connectivity index (χ1v) is 4.58. The summed E-state index contributed by atoms with van der Waals surface area (Å²) in [5.41, 5.74) is 1.06. The normalized spacial score (nSPS) is 16.6. The molecule has 0 spiro atoms. The van der Waals surface area contributed by atoms with Gasteiger partial charge in [-0.1, -0.05) is 23.2 Å². The lowest BCUT2D eigenvalue weighted by molar-refractivity contribution is 0.628. The van der Waals surface area contributed by atoms with Crippen LogP contribution in [-0.4, -0.2) is 0 Å². The van der Waals surface area contributed by atoms with E-state index in [2.05, 4.69) is 0 Å². The number of halogens is 3. The molecule has 0 aromatic heterocycles. The van der Waals surface area contributed by atoms with Gasteiger partial charge in [0.15, 0.2) is 5.82 Å². The average molecular weight is 205 g/mol. The van der Waals surface area contributed by atoms with Crippen LogP contribution in [0.15, 0.2) is 12.1 Å². The van der Waals surface area contributed by atoms with Gasteiger partial charge >= 0.3 is 0 Å². The maximum Gasteiger partial charge on any atom is 0.160 e. The van der Waals surface area contributed by atoms with Gasteiger partial charge in [0.2, 0.25) is 0 Å². The fourth-order valence-corrected chi connectivity index (χ4v) is 1.73. The molecular formula is C9H7Cl2F. The first-order chi connectivity index (χ1) is 5.68. The van der Waals surface area contributed by atoms with Crippen LogP contribution in [0.2, 0.25) is 10.0 Å². The summed E-state index contributed by atoms with van der Waals surface area (Å²) in [7, 11) is 0. The zero-order chi connectivity index (χ0) is 8.72. The van der Waals surface area contributed by atoms with Gasteiger partial charge in [-0.3, -0.25) is 0 Å². The number of benzene rings is 1. The minimum absolute atomic E-state index is 0.129. The molecule has 0 unspecified atom stereocenters. The predicted octanol–water partition coefficient (Wildman–Crippen LogP) is 4.01. The lowest BCUT2D eigenvalue weighted by Crippen LogP contribution is -1.84. The van der Waals surface area contributed by atoms with E-state index in [9.17, 15) is 4.39 Å². The van der Waals surface area contributed by atoms with E-state index in [4.69, 9.17) is 23.2 Å². The van der Waals surface area contributed by atoms with Gasteiger partial charge in [0, 0.05) is 0 Å². The molecule has 12 heavy (non-hydrogen) atoms. The van der Waals surface area contributed by atoms with Crippen molar-refractivity contribution in [2.75, 3.05) is 0 Å². The van der Waals surface area contributed by atoms with E-state index in [0.29, 0.717) is 5.92 Å². The van der Waals surface area contributed by atoms with E-state index in [1.165, 1.54) is 0 Å². The Kier molecular flexibility index (Phi) is 2.01. The summed E-state index contributed by atoms with van der Waals surface area (Å²) in [6.07, 6.45) is 2.33.